The second-order valence-corrected chi connectivity index (χ2v) is 4.61. The summed E-state index contributed by atoms with van der Waals surface area (Å²) in [6, 6.07) is 4.34. The highest BCUT2D eigenvalue weighted by molar-refractivity contribution is 6.42. The average Bonchev–Trinajstić information content (AvgIpc) is 2.32. The predicted octanol–water partition coefficient (Wildman–Crippen LogP) is 2.25. The van der Waals surface area contributed by atoms with Crippen molar-refractivity contribution >= 4 is 34.9 Å². The van der Waals surface area contributed by atoms with Gasteiger partial charge >= 0.3 is 0 Å². The standard InChI is InChI=1S/C11H13Cl2N3O2/c1-6(4-10(14)16-18)15-11(17)7-2-3-8(12)9(13)5-7/h2-3,5-6,18H,4H2,1H3,(H2,14,16)(H,15,17). The van der Waals surface area contributed by atoms with Crippen LogP contribution in [0.15, 0.2) is 23.4 Å². The highest BCUT2D eigenvalue weighted by Crippen LogP contribution is 2.22. The summed E-state index contributed by atoms with van der Waals surface area (Å²) in [5.74, 6) is -0.247. The molecule has 1 aromatic carbocycles. The molecule has 7 heteroatoms. The third-order valence-corrected chi connectivity index (χ3v) is 2.94. The Morgan fingerprint density at radius 1 is 1.50 bits per heavy atom. The van der Waals surface area contributed by atoms with Crippen LogP contribution in [0.3, 0.4) is 0 Å². The maximum absolute atomic E-state index is 11.8. The fourth-order valence-corrected chi connectivity index (χ4v) is 1.65. The summed E-state index contributed by atoms with van der Waals surface area (Å²) < 4.78 is 0. The van der Waals surface area contributed by atoms with Gasteiger partial charge in [-0.15, -0.1) is 0 Å². The lowest BCUT2D eigenvalue weighted by molar-refractivity contribution is 0.0941. The lowest BCUT2D eigenvalue weighted by atomic mass is 10.1. The monoisotopic (exact) mass is 289 g/mol. The second-order valence-electron chi connectivity index (χ2n) is 3.80. The largest absolute Gasteiger partial charge is 0.409 e. The molecule has 0 aliphatic carbocycles. The minimum atomic E-state index is -0.299. The molecule has 0 saturated carbocycles. The molecule has 1 unspecified atom stereocenters. The first kappa shape index (κ1) is 14.6. The van der Waals surface area contributed by atoms with Gasteiger partial charge in [0.25, 0.3) is 5.91 Å². The van der Waals surface area contributed by atoms with Crippen molar-refractivity contribution in [1.29, 1.82) is 0 Å². The van der Waals surface area contributed by atoms with Gasteiger partial charge in [0, 0.05) is 18.0 Å². The summed E-state index contributed by atoms with van der Waals surface area (Å²) in [5.41, 5.74) is 5.74. The Bertz CT molecular complexity index is 477. The molecule has 1 aromatic rings. The first-order chi connectivity index (χ1) is 8.43. The number of benzene rings is 1. The van der Waals surface area contributed by atoms with Crippen LogP contribution in [0.2, 0.25) is 10.0 Å². The van der Waals surface area contributed by atoms with Gasteiger partial charge in [-0.05, 0) is 25.1 Å². The highest BCUT2D eigenvalue weighted by Gasteiger charge is 2.12. The topological polar surface area (TPSA) is 87.7 Å². The van der Waals surface area contributed by atoms with E-state index in [0.29, 0.717) is 15.6 Å². The lowest BCUT2D eigenvalue weighted by Gasteiger charge is -2.13. The third-order valence-electron chi connectivity index (χ3n) is 2.20. The molecule has 18 heavy (non-hydrogen) atoms. The van der Waals surface area contributed by atoms with Crippen molar-refractivity contribution in [2.45, 2.75) is 19.4 Å². The normalized spacial score (nSPS) is 13.2. The number of carbonyl (C=O) groups excluding carboxylic acids is 1. The van der Waals surface area contributed by atoms with Crippen LogP contribution in [-0.4, -0.2) is 23.0 Å². The van der Waals surface area contributed by atoms with Crippen molar-refractivity contribution in [3.05, 3.63) is 33.8 Å². The number of nitrogens with zero attached hydrogens (tertiary/aromatic N) is 1. The van der Waals surface area contributed by atoms with Gasteiger partial charge in [0.1, 0.15) is 5.84 Å². The summed E-state index contributed by atoms with van der Waals surface area (Å²) in [6.45, 7) is 1.74. The van der Waals surface area contributed by atoms with Gasteiger partial charge in [0.15, 0.2) is 0 Å². The van der Waals surface area contributed by atoms with Crippen molar-refractivity contribution in [3.8, 4) is 0 Å². The maximum atomic E-state index is 11.8. The Labute approximate surface area is 115 Å². The molecule has 1 rings (SSSR count). The minimum absolute atomic E-state index is 0.0527. The first-order valence-corrected chi connectivity index (χ1v) is 5.92. The predicted molar refractivity (Wildman–Crippen MR) is 71.4 cm³/mol. The molecule has 0 heterocycles. The second kappa shape index (κ2) is 6.47. The SMILES string of the molecule is CC(CC(N)=NO)NC(=O)c1ccc(Cl)c(Cl)c1. The van der Waals surface area contributed by atoms with Gasteiger partial charge in [0.05, 0.1) is 10.0 Å². The molecular formula is C11H13Cl2N3O2. The fourth-order valence-electron chi connectivity index (χ4n) is 1.35. The number of hydrogen-bond acceptors (Lipinski definition) is 3. The number of rotatable bonds is 4. The van der Waals surface area contributed by atoms with Crippen molar-refractivity contribution in [1.82, 2.24) is 5.32 Å². The molecule has 0 aromatic heterocycles. The van der Waals surface area contributed by atoms with Crippen molar-refractivity contribution in [2.24, 2.45) is 10.9 Å². The van der Waals surface area contributed by atoms with Crippen molar-refractivity contribution < 1.29 is 10.0 Å². The molecule has 98 valence electrons. The number of carbonyl (C=O) groups is 1. The zero-order valence-corrected chi connectivity index (χ0v) is 11.2. The van der Waals surface area contributed by atoms with E-state index in [1.54, 1.807) is 19.1 Å². The zero-order valence-electron chi connectivity index (χ0n) is 9.65. The van der Waals surface area contributed by atoms with E-state index in [0.717, 1.165) is 0 Å². The molecule has 1 amide bonds. The Kier molecular flexibility index (Phi) is 5.25. The Morgan fingerprint density at radius 3 is 2.72 bits per heavy atom. The fraction of sp³-hybridized carbons (Fsp3) is 0.273. The van der Waals surface area contributed by atoms with E-state index in [-0.39, 0.29) is 24.2 Å². The minimum Gasteiger partial charge on any atom is -0.409 e. The number of oxime groups is 1. The van der Waals surface area contributed by atoms with Crippen LogP contribution in [0.5, 0.6) is 0 Å². The molecule has 0 aliphatic rings. The van der Waals surface area contributed by atoms with E-state index in [1.165, 1.54) is 6.07 Å². The molecule has 0 aliphatic heterocycles. The number of halogens is 2. The van der Waals surface area contributed by atoms with Gasteiger partial charge in [-0.2, -0.15) is 0 Å². The zero-order chi connectivity index (χ0) is 13.7. The molecule has 0 bridgehead atoms. The molecule has 0 saturated heterocycles. The van der Waals surface area contributed by atoms with Crippen molar-refractivity contribution in [2.75, 3.05) is 0 Å². The summed E-state index contributed by atoms with van der Waals surface area (Å²) in [5, 5.41) is 14.7. The van der Waals surface area contributed by atoms with Gasteiger partial charge in [-0.25, -0.2) is 0 Å². The summed E-state index contributed by atoms with van der Waals surface area (Å²) >= 11 is 11.6. The molecule has 4 N–H and O–H groups in total. The summed E-state index contributed by atoms with van der Waals surface area (Å²) in [6.07, 6.45) is 0.254. The molecular weight excluding hydrogens is 277 g/mol. The Balaban J connectivity index is 2.67. The van der Waals surface area contributed by atoms with Crippen LogP contribution in [0.1, 0.15) is 23.7 Å². The van der Waals surface area contributed by atoms with Gasteiger partial charge < -0.3 is 16.3 Å². The highest BCUT2D eigenvalue weighted by atomic mass is 35.5. The van der Waals surface area contributed by atoms with Crippen LogP contribution in [0.25, 0.3) is 0 Å². The smallest absolute Gasteiger partial charge is 0.251 e. The lowest BCUT2D eigenvalue weighted by Crippen LogP contribution is -2.35. The average molecular weight is 290 g/mol. The van der Waals surface area contributed by atoms with Gasteiger partial charge in [0.2, 0.25) is 0 Å². The van der Waals surface area contributed by atoms with Crippen molar-refractivity contribution in [3.63, 3.8) is 0 Å². The summed E-state index contributed by atoms with van der Waals surface area (Å²) in [7, 11) is 0. The van der Waals surface area contributed by atoms with E-state index in [4.69, 9.17) is 34.1 Å². The quantitative estimate of drug-likeness (QED) is 0.344. The van der Waals surface area contributed by atoms with Crippen LogP contribution in [0.4, 0.5) is 0 Å². The molecule has 0 fully saturated rings. The van der Waals surface area contributed by atoms with Crippen LogP contribution in [0, 0.1) is 0 Å². The van der Waals surface area contributed by atoms with Crippen LogP contribution < -0.4 is 11.1 Å². The van der Waals surface area contributed by atoms with Crippen LogP contribution in [-0.2, 0) is 0 Å². The van der Waals surface area contributed by atoms with E-state index < -0.39 is 0 Å². The molecule has 0 spiro atoms. The van der Waals surface area contributed by atoms with Crippen LogP contribution >= 0.6 is 23.2 Å². The number of nitrogens with two attached hydrogens (primary N) is 1. The number of amidine groups is 1. The Hall–Kier alpha value is -1.46. The Morgan fingerprint density at radius 2 is 2.17 bits per heavy atom. The molecule has 1 atom stereocenters. The third kappa shape index (κ3) is 4.09. The van der Waals surface area contributed by atoms with Gasteiger partial charge in [-0.1, -0.05) is 28.4 Å². The van der Waals surface area contributed by atoms with E-state index in [1.807, 2.05) is 0 Å². The van der Waals surface area contributed by atoms with E-state index >= 15 is 0 Å². The first-order valence-electron chi connectivity index (χ1n) is 5.16. The van der Waals surface area contributed by atoms with E-state index in [9.17, 15) is 4.79 Å². The molecule has 5 nitrogen and oxygen atoms in total. The molecule has 0 radical (unpaired) electrons. The van der Waals surface area contributed by atoms with E-state index in [2.05, 4.69) is 10.5 Å². The number of hydrogen-bond donors (Lipinski definition) is 3. The number of amides is 1. The number of nitrogens with one attached hydrogen (secondary N) is 1. The maximum Gasteiger partial charge on any atom is 0.251 e. The van der Waals surface area contributed by atoms with Gasteiger partial charge in [-0.3, -0.25) is 4.79 Å². The summed E-state index contributed by atoms with van der Waals surface area (Å²) in [4.78, 5) is 11.8.